The topological polar surface area (TPSA) is 81.1 Å². The van der Waals surface area contributed by atoms with Crippen molar-refractivity contribution in [2.75, 3.05) is 24.0 Å². The molecule has 0 saturated heterocycles. The lowest BCUT2D eigenvalue weighted by atomic mass is 10.1. The standard InChI is InChI=1S/C15H16F3N5O2S/c1-14(7-11(24)25-2)20-9-6-8(15(16,17)18)4-5-10(9)23-12(21-14)19-13(22-23)26-3/h4-6,20H,7H2,1-3H3,(H,19,21,22). The zero-order valence-corrected chi connectivity index (χ0v) is 15.0. The molecule has 0 saturated carbocycles. The number of methoxy groups -OCH3 is 1. The van der Waals surface area contributed by atoms with E-state index in [1.807, 2.05) is 0 Å². The number of aromatic nitrogens is 3. The van der Waals surface area contributed by atoms with Gasteiger partial charge in [-0.05, 0) is 31.4 Å². The van der Waals surface area contributed by atoms with Crippen molar-refractivity contribution in [3.63, 3.8) is 0 Å². The van der Waals surface area contributed by atoms with Gasteiger partial charge in [0.05, 0.1) is 30.5 Å². The summed E-state index contributed by atoms with van der Waals surface area (Å²) in [5.74, 6) is -0.217. The number of halogens is 3. The Hall–Kier alpha value is -2.43. The number of thioether (sulfide) groups is 1. The molecule has 1 aromatic carbocycles. The number of anilines is 2. The zero-order valence-electron chi connectivity index (χ0n) is 14.1. The van der Waals surface area contributed by atoms with E-state index in [-0.39, 0.29) is 12.1 Å². The van der Waals surface area contributed by atoms with Crippen LogP contribution in [0.3, 0.4) is 0 Å². The fourth-order valence-corrected chi connectivity index (χ4v) is 2.99. The Balaban J connectivity index is 2.15. The van der Waals surface area contributed by atoms with Crippen molar-refractivity contribution in [2.45, 2.75) is 30.3 Å². The predicted molar refractivity (Wildman–Crippen MR) is 90.4 cm³/mol. The Kier molecular flexibility index (Phi) is 4.51. The molecular formula is C15H16F3N5O2S. The molecule has 1 unspecified atom stereocenters. The number of rotatable bonds is 3. The summed E-state index contributed by atoms with van der Waals surface area (Å²) in [5.41, 5.74) is -1.36. The van der Waals surface area contributed by atoms with Gasteiger partial charge in [-0.15, -0.1) is 5.10 Å². The maximum absolute atomic E-state index is 13.1. The molecule has 140 valence electrons. The molecule has 2 aromatic rings. The summed E-state index contributed by atoms with van der Waals surface area (Å²) in [5, 5.41) is 10.7. The summed E-state index contributed by atoms with van der Waals surface area (Å²) in [6, 6.07) is 3.29. The lowest BCUT2D eigenvalue weighted by Gasteiger charge is -2.30. The number of carbonyl (C=O) groups is 1. The molecule has 0 aliphatic carbocycles. The zero-order chi connectivity index (χ0) is 19.1. The molecule has 2 heterocycles. The van der Waals surface area contributed by atoms with E-state index in [0.717, 1.165) is 12.1 Å². The number of esters is 1. The van der Waals surface area contributed by atoms with Crippen molar-refractivity contribution in [1.82, 2.24) is 14.8 Å². The van der Waals surface area contributed by atoms with E-state index >= 15 is 0 Å². The Labute approximate surface area is 151 Å². The largest absolute Gasteiger partial charge is 0.469 e. The van der Waals surface area contributed by atoms with E-state index in [0.29, 0.717) is 16.8 Å². The van der Waals surface area contributed by atoms with Crippen LogP contribution in [0.2, 0.25) is 0 Å². The normalized spacial score (nSPS) is 18.8. The van der Waals surface area contributed by atoms with Crippen molar-refractivity contribution in [3.8, 4) is 5.69 Å². The van der Waals surface area contributed by atoms with Crippen molar-refractivity contribution in [1.29, 1.82) is 0 Å². The Bertz CT molecular complexity index is 854. The minimum Gasteiger partial charge on any atom is -0.469 e. The number of carbonyl (C=O) groups excluding carboxylic acids is 1. The Morgan fingerprint density at radius 2 is 2.12 bits per heavy atom. The van der Waals surface area contributed by atoms with Crippen LogP contribution in [-0.2, 0) is 15.7 Å². The van der Waals surface area contributed by atoms with Gasteiger partial charge in [-0.25, -0.2) is 0 Å². The third-order valence-corrected chi connectivity index (χ3v) is 4.38. The first kappa shape index (κ1) is 18.4. The van der Waals surface area contributed by atoms with Crippen LogP contribution in [0.25, 0.3) is 5.69 Å². The van der Waals surface area contributed by atoms with Crippen molar-refractivity contribution < 1.29 is 22.7 Å². The summed E-state index contributed by atoms with van der Waals surface area (Å²) < 4.78 is 45.5. The number of fused-ring (bicyclic) bond motifs is 3. The molecule has 0 bridgehead atoms. The molecule has 0 amide bonds. The number of hydrogen-bond donors (Lipinski definition) is 2. The number of ether oxygens (including phenoxy) is 1. The first-order chi connectivity index (χ1) is 12.1. The molecule has 2 N–H and O–H groups in total. The smallest absolute Gasteiger partial charge is 0.416 e. The average Bonchev–Trinajstić information content (AvgIpc) is 2.91. The van der Waals surface area contributed by atoms with Gasteiger partial charge in [-0.2, -0.15) is 22.8 Å². The highest BCUT2D eigenvalue weighted by atomic mass is 32.2. The number of nitrogens with one attached hydrogen (secondary N) is 2. The van der Waals surface area contributed by atoms with Crippen LogP contribution in [0.4, 0.5) is 24.8 Å². The third kappa shape index (κ3) is 3.43. The lowest BCUT2D eigenvalue weighted by molar-refractivity contribution is -0.141. The van der Waals surface area contributed by atoms with Gasteiger partial charge in [0.1, 0.15) is 5.66 Å². The molecular weight excluding hydrogens is 371 g/mol. The van der Waals surface area contributed by atoms with Gasteiger partial charge >= 0.3 is 12.1 Å². The van der Waals surface area contributed by atoms with E-state index < -0.39 is 23.4 Å². The molecule has 26 heavy (non-hydrogen) atoms. The minimum absolute atomic E-state index is 0.138. The van der Waals surface area contributed by atoms with E-state index in [1.54, 1.807) is 13.2 Å². The molecule has 11 heteroatoms. The maximum atomic E-state index is 13.1. The number of nitrogens with zero attached hydrogens (tertiary/aromatic N) is 3. The van der Waals surface area contributed by atoms with Gasteiger partial charge in [-0.1, -0.05) is 11.8 Å². The summed E-state index contributed by atoms with van der Waals surface area (Å²) in [4.78, 5) is 16.1. The summed E-state index contributed by atoms with van der Waals surface area (Å²) in [7, 11) is 1.24. The number of alkyl halides is 3. The fraction of sp³-hybridized carbons (Fsp3) is 0.400. The highest BCUT2D eigenvalue weighted by molar-refractivity contribution is 7.98. The fourth-order valence-electron chi connectivity index (χ4n) is 2.65. The second kappa shape index (κ2) is 6.38. The van der Waals surface area contributed by atoms with Crippen LogP contribution in [0.15, 0.2) is 23.4 Å². The second-order valence-corrected chi connectivity index (χ2v) is 6.67. The monoisotopic (exact) mass is 387 g/mol. The van der Waals surface area contributed by atoms with Crippen LogP contribution in [0.5, 0.6) is 0 Å². The highest BCUT2D eigenvalue weighted by Gasteiger charge is 2.36. The van der Waals surface area contributed by atoms with Gasteiger partial charge in [0.2, 0.25) is 11.1 Å². The second-order valence-electron chi connectivity index (χ2n) is 5.90. The van der Waals surface area contributed by atoms with Crippen LogP contribution >= 0.6 is 11.8 Å². The van der Waals surface area contributed by atoms with Crippen molar-refractivity contribution in [2.24, 2.45) is 0 Å². The van der Waals surface area contributed by atoms with Crippen LogP contribution in [0.1, 0.15) is 18.9 Å². The van der Waals surface area contributed by atoms with Gasteiger partial charge in [-0.3, -0.25) is 4.79 Å². The van der Waals surface area contributed by atoms with Crippen LogP contribution in [-0.4, -0.2) is 39.8 Å². The third-order valence-electron chi connectivity index (χ3n) is 3.85. The molecule has 0 fully saturated rings. The summed E-state index contributed by atoms with van der Waals surface area (Å²) in [6.07, 6.45) is -2.85. The molecule has 3 rings (SSSR count). The van der Waals surface area contributed by atoms with Gasteiger partial charge in [0.15, 0.2) is 0 Å². The van der Waals surface area contributed by atoms with Crippen LogP contribution < -0.4 is 10.6 Å². The molecule has 1 aliphatic heterocycles. The van der Waals surface area contributed by atoms with E-state index in [4.69, 9.17) is 4.74 Å². The average molecular weight is 387 g/mol. The SMILES string of the molecule is COC(=O)CC1(C)Nc2cc(C(F)(F)F)ccc2-n2nc(SC)nc2N1. The molecule has 0 radical (unpaired) electrons. The Morgan fingerprint density at radius 1 is 1.38 bits per heavy atom. The molecule has 1 aromatic heterocycles. The first-order valence-corrected chi connectivity index (χ1v) is 8.73. The predicted octanol–water partition coefficient (Wildman–Crippen LogP) is 3.12. The highest BCUT2D eigenvalue weighted by Crippen LogP contribution is 2.37. The van der Waals surface area contributed by atoms with Gasteiger partial charge in [0.25, 0.3) is 0 Å². The van der Waals surface area contributed by atoms with E-state index in [1.165, 1.54) is 29.6 Å². The number of hydrogen-bond acceptors (Lipinski definition) is 7. The quantitative estimate of drug-likeness (QED) is 0.619. The summed E-state index contributed by atoms with van der Waals surface area (Å²) >= 11 is 1.29. The molecule has 1 aliphatic rings. The number of benzene rings is 1. The molecule has 7 nitrogen and oxygen atoms in total. The van der Waals surface area contributed by atoms with Crippen molar-refractivity contribution in [3.05, 3.63) is 23.8 Å². The van der Waals surface area contributed by atoms with Crippen molar-refractivity contribution >= 4 is 29.4 Å². The van der Waals surface area contributed by atoms with E-state index in [9.17, 15) is 18.0 Å². The Morgan fingerprint density at radius 3 is 2.73 bits per heavy atom. The molecule has 0 spiro atoms. The first-order valence-electron chi connectivity index (χ1n) is 7.51. The summed E-state index contributed by atoms with van der Waals surface area (Å²) in [6.45, 7) is 1.64. The lowest BCUT2D eigenvalue weighted by Crippen LogP contribution is -2.45. The minimum atomic E-state index is -4.50. The van der Waals surface area contributed by atoms with Gasteiger partial charge in [0, 0.05) is 0 Å². The van der Waals surface area contributed by atoms with Gasteiger partial charge < -0.3 is 15.4 Å². The van der Waals surface area contributed by atoms with E-state index in [2.05, 4.69) is 20.7 Å². The molecule has 1 atom stereocenters. The maximum Gasteiger partial charge on any atom is 0.416 e. The van der Waals surface area contributed by atoms with Crippen LogP contribution in [0, 0.1) is 0 Å².